The van der Waals surface area contributed by atoms with Gasteiger partial charge in [0.25, 0.3) is 0 Å². The third-order valence-electron chi connectivity index (χ3n) is 12.9. The van der Waals surface area contributed by atoms with Crippen LogP contribution in [0.5, 0.6) is 0 Å². The number of aliphatic hydroxyl groups excluding tert-OH is 2. The number of rotatable bonds is 52. The molecule has 0 aromatic heterocycles. The summed E-state index contributed by atoms with van der Waals surface area (Å²) >= 11 is 0. The minimum atomic E-state index is -0.863. The van der Waals surface area contributed by atoms with Crippen molar-refractivity contribution < 1.29 is 24.5 Å². The Hall–Kier alpha value is -1.92. The second-order valence-electron chi connectivity index (χ2n) is 19.3. The number of amides is 1. The quantitative estimate of drug-likeness (QED) is 0.0321. The predicted octanol–water partition coefficient (Wildman–Crippen LogP) is 17.2. The van der Waals surface area contributed by atoms with Crippen LogP contribution in [-0.2, 0) is 14.3 Å². The van der Waals surface area contributed by atoms with E-state index >= 15 is 0 Å². The Balaban J connectivity index is 3.53. The van der Waals surface area contributed by atoms with E-state index in [1.54, 1.807) is 6.08 Å². The Labute approximate surface area is 398 Å². The lowest BCUT2D eigenvalue weighted by molar-refractivity contribution is -0.143. The molecule has 376 valence electrons. The standard InChI is InChI=1S/C58H109NO5/c1-3-5-7-9-11-13-15-17-19-21-22-24-26-28-32-36-40-44-48-52-58(63)64-53-49-45-41-37-33-29-31-35-39-43-47-51-57(62)59-55(54-60)56(61)50-46-42-38-34-30-27-25-23-20-18-16-14-12-10-8-6-4-2/h17,19,33,37,46,50,55-56,60-61H,3-16,18,20-32,34-36,38-45,47-49,51-54H2,1-2H3,(H,59,62)/b19-17-,37-33-,50-46+. The lowest BCUT2D eigenvalue weighted by atomic mass is 10.0. The van der Waals surface area contributed by atoms with E-state index in [1.165, 1.54) is 186 Å². The maximum Gasteiger partial charge on any atom is 0.305 e. The molecule has 0 bridgehead atoms. The number of nitrogens with one attached hydrogen (secondary N) is 1. The molecule has 64 heavy (non-hydrogen) atoms. The molecule has 6 heteroatoms. The predicted molar refractivity (Wildman–Crippen MR) is 278 cm³/mol. The van der Waals surface area contributed by atoms with Crippen LogP contribution in [0, 0.1) is 0 Å². The van der Waals surface area contributed by atoms with Gasteiger partial charge in [0.2, 0.25) is 5.91 Å². The van der Waals surface area contributed by atoms with Crippen molar-refractivity contribution in [1.29, 1.82) is 0 Å². The van der Waals surface area contributed by atoms with Crippen LogP contribution in [0.2, 0.25) is 0 Å². The molecule has 0 rings (SSSR count). The molecule has 2 unspecified atom stereocenters. The van der Waals surface area contributed by atoms with E-state index in [2.05, 4.69) is 43.5 Å². The van der Waals surface area contributed by atoms with Gasteiger partial charge in [0.05, 0.1) is 25.4 Å². The Morgan fingerprint density at radius 2 is 0.734 bits per heavy atom. The van der Waals surface area contributed by atoms with Crippen LogP contribution in [-0.4, -0.2) is 47.4 Å². The molecule has 0 radical (unpaired) electrons. The van der Waals surface area contributed by atoms with E-state index in [1.807, 2.05) is 6.08 Å². The van der Waals surface area contributed by atoms with E-state index in [4.69, 9.17) is 4.74 Å². The first-order valence-electron chi connectivity index (χ1n) is 28.3. The molecule has 0 spiro atoms. The van der Waals surface area contributed by atoms with Crippen LogP contribution in [0.25, 0.3) is 0 Å². The number of hydrogen-bond acceptors (Lipinski definition) is 5. The van der Waals surface area contributed by atoms with Crippen molar-refractivity contribution in [3.05, 3.63) is 36.5 Å². The first kappa shape index (κ1) is 62.1. The molecule has 0 aromatic carbocycles. The van der Waals surface area contributed by atoms with Gasteiger partial charge in [0.15, 0.2) is 0 Å². The van der Waals surface area contributed by atoms with Gasteiger partial charge in [-0.15, -0.1) is 0 Å². The summed E-state index contributed by atoms with van der Waals surface area (Å²) in [6.07, 6.45) is 65.9. The highest BCUT2D eigenvalue weighted by Crippen LogP contribution is 2.16. The molecular weight excluding hydrogens is 791 g/mol. The molecule has 2 atom stereocenters. The largest absolute Gasteiger partial charge is 0.466 e. The molecule has 0 aliphatic carbocycles. The summed E-state index contributed by atoms with van der Waals surface area (Å²) in [6.45, 7) is 4.83. The molecule has 0 saturated heterocycles. The van der Waals surface area contributed by atoms with E-state index < -0.39 is 12.1 Å². The lowest BCUT2D eigenvalue weighted by Gasteiger charge is -2.20. The van der Waals surface area contributed by atoms with Crippen LogP contribution < -0.4 is 5.32 Å². The number of hydrogen-bond donors (Lipinski definition) is 3. The first-order valence-corrected chi connectivity index (χ1v) is 28.3. The smallest absolute Gasteiger partial charge is 0.305 e. The van der Waals surface area contributed by atoms with Crippen molar-refractivity contribution in [3.8, 4) is 0 Å². The van der Waals surface area contributed by atoms with Crippen LogP contribution in [0.4, 0.5) is 0 Å². The molecule has 0 aliphatic heterocycles. The summed E-state index contributed by atoms with van der Waals surface area (Å²) in [4.78, 5) is 24.5. The number of aliphatic hydroxyl groups is 2. The van der Waals surface area contributed by atoms with Crippen LogP contribution >= 0.6 is 0 Å². The topological polar surface area (TPSA) is 95.9 Å². The Morgan fingerprint density at radius 3 is 1.11 bits per heavy atom. The van der Waals surface area contributed by atoms with E-state index in [0.29, 0.717) is 19.4 Å². The average molecular weight is 901 g/mol. The molecule has 1 amide bonds. The van der Waals surface area contributed by atoms with Gasteiger partial charge < -0.3 is 20.3 Å². The van der Waals surface area contributed by atoms with Gasteiger partial charge in [-0.2, -0.15) is 0 Å². The number of unbranched alkanes of at least 4 members (excludes halogenated alkanes) is 37. The lowest BCUT2D eigenvalue weighted by Crippen LogP contribution is -2.45. The summed E-state index contributed by atoms with van der Waals surface area (Å²) in [5.41, 5.74) is 0. The number of allylic oxidation sites excluding steroid dienone is 5. The van der Waals surface area contributed by atoms with Crippen molar-refractivity contribution in [1.82, 2.24) is 5.32 Å². The number of esters is 1. The SMILES string of the molecule is CCCCCCCC/C=C\CCCCCCCCCCCC(=O)OCCCC/C=C\CCCCCCCC(=O)NC(CO)C(O)/C=C/CCCCCCCCCCCCCCCCC. The second kappa shape index (κ2) is 53.7. The minimum absolute atomic E-state index is 0.0335. The zero-order chi connectivity index (χ0) is 46.5. The van der Waals surface area contributed by atoms with Gasteiger partial charge in [-0.05, 0) is 83.5 Å². The van der Waals surface area contributed by atoms with Crippen molar-refractivity contribution in [3.63, 3.8) is 0 Å². The molecule has 0 heterocycles. The second-order valence-corrected chi connectivity index (χ2v) is 19.3. The molecule has 3 N–H and O–H groups in total. The summed E-state index contributed by atoms with van der Waals surface area (Å²) in [5, 5.41) is 23.1. The van der Waals surface area contributed by atoms with Gasteiger partial charge in [-0.25, -0.2) is 0 Å². The normalized spacial score (nSPS) is 12.9. The van der Waals surface area contributed by atoms with Gasteiger partial charge >= 0.3 is 5.97 Å². The molecule has 0 fully saturated rings. The Kier molecular flexibility index (Phi) is 52.1. The van der Waals surface area contributed by atoms with Gasteiger partial charge in [0.1, 0.15) is 0 Å². The van der Waals surface area contributed by atoms with Crippen LogP contribution in [0.3, 0.4) is 0 Å². The molecule has 0 aromatic rings. The number of carbonyl (C=O) groups is 2. The number of ether oxygens (including phenoxy) is 1. The molecular formula is C58H109NO5. The van der Waals surface area contributed by atoms with E-state index in [0.717, 1.165) is 83.5 Å². The summed E-state index contributed by atoms with van der Waals surface area (Å²) in [6, 6.07) is -0.649. The highest BCUT2D eigenvalue weighted by molar-refractivity contribution is 5.76. The van der Waals surface area contributed by atoms with Crippen molar-refractivity contribution >= 4 is 11.9 Å². The average Bonchev–Trinajstić information content (AvgIpc) is 3.29. The fraction of sp³-hybridized carbons (Fsp3) is 0.862. The van der Waals surface area contributed by atoms with E-state index in [9.17, 15) is 19.8 Å². The fourth-order valence-corrected chi connectivity index (χ4v) is 8.50. The zero-order valence-electron chi connectivity index (χ0n) is 42.8. The van der Waals surface area contributed by atoms with Gasteiger partial charge in [0, 0.05) is 12.8 Å². The summed E-state index contributed by atoms with van der Waals surface area (Å²) in [5.74, 6) is -0.130. The highest BCUT2D eigenvalue weighted by atomic mass is 16.5. The van der Waals surface area contributed by atoms with Crippen molar-refractivity contribution in [2.24, 2.45) is 0 Å². The third-order valence-corrected chi connectivity index (χ3v) is 12.9. The fourth-order valence-electron chi connectivity index (χ4n) is 8.50. The monoisotopic (exact) mass is 900 g/mol. The maximum absolute atomic E-state index is 12.4. The summed E-state index contributed by atoms with van der Waals surface area (Å²) in [7, 11) is 0. The zero-order valence-corrected chi connectivity index (χ0v) is 42.8. The molecule has 0 aliphatic rings. The van der Waals surface area contributed by atoms with Crippen LogP contribution in [0.1, 0.15) is 296 Å². The van der Waals surface area contributed by atoms with Gasteiger partial charge in [-0.3, -0.25) is 9.59 Å². The minimum Gasteiger partial charge on any atom is -0.466 e. The van der Waals surface area contributed by atoms with E-state index in [-0.39, 0.29) is 18.5 Å². The Morgan fingerprint density at radius 1 is 0.422 bits per heavy atom. The number of carbonyl (C=O) groups excluding carboxylic acids is 2. The highest BCUT2D eigenvalue weighted by Gasteiger charge is 2.18. The molecule has 6 nitrogen and oxygen atoms in total. The summed E-state index contributed by atoms with van der Waals surface area (Å²) < 4.78 is 5.45. The first-order chi connectivity index (χ1) is 31.5. The molecule has 0 saturated carbocycles. The third kappa shape index (κ3) is 49.5. The van der Waals surface area contributed by atoms with Gasteiger partial charge in [-0.1, -0.05) is 237 Å². The Bertz CT molecular complexity index is 1040. The maximum atomic E-state index is 12.4. The van der Waals surface area contributed by atoms with Crippen molar-refractivity contribution in [2.45, 2.75) is 309 Å². The van der Waals surface area contributed by atoms with Crippen LogP contribution in [0.15, 0.2) is 36.5 Å². The van der Waals surface area contributed by atoms with Crippen molar-refractivity contribution in [2.75, 3.05) is 13.2 Å².